The molecular formula is C17H16N4O2. The molecule has 3 rings (SSSR count). The number of nitrogens with one attached hydrogen (secondary N) is 1. The number of aromatic nitrogens is 2. The maximum absolute atomic E-state index is 12.4. The van der Waals surface area contributed by atoms with Crippen LogP contribution in [-0.4, -0.2) is 26.1 Å². The van der Waals surface area contributed by atoms with E-state index in [0.717, 1.165) is 0 Å². The summed E-state index contributed by atoms with van der Waals surface area (Å²) in [6.07, 6.45) is 1.78. The minimum Gasteiger partial charge on any atom is -0.507 e. The van der Waals surface area contributed by atoms with Gasteiger partial charge in [0.1, 0.15) is 17.1 Å². The third-order valence-electron chi connectivity index (χ3n) is 3.54. The number of hydrogen-bond acceptors (Lipinski definition) is 4. The van der Waals surface area contributed by atoms with Crippen LogP contribution in [0.3, 0.4) is 0 Å². The van der Waals surface area contributed by atoms with Crippen LogP contribution < -0.4 is 5.43 Å². The summed E-state index contributed by atoms with van der Waals surface area (Å²) in [6, 6.07) is 12.4. The Morgan fingerprint density at radius 3 is 2.74 bits per heavy atom. The normalized spacial score (nSPS) is 11.7. The van der Waals surface area contributed by atoms with Crippen LogP contribution in [0.4, 0.5) is 0 Å². The predicted octanol–water partition coefficient (Wildman–Crippen LogP) is 2.50. The van der Waals surface area contributed by atoms with Gasteiger partial charge in [-0.1, -0.05) is 18.2 Å². The summed E-state index contributed by atoms with van der Waals surface area (Å²) in [5, 5.41) is 13.9. The Hall–Kier alpha value is -3.15. The van der Waals surface area contributed by atoms with Crippen molar-refractivity contribution in [2.45, 2.75) is 13.8 Å². The molecule has 0 saturated heterocycles. The molecule has 0 radical (unpaired) electrons. The quantitative estimate of drug-likeness (QED) is 0.576. The highest BCUT2D eigenvalue weighted by Gasteiger charge is 2.16. The number of para-hydroxylation sites is 1. The number of pyridine rings is 1. The summed E-state index contributed by atoms with van der Waals surface area (Å²) in [6.45, 7) is 3.50. The lowest BCUT2D eigenvalue weighted by Gasteiger charge is -2.05. The SMILES string of the molecule is CC(=NNC(=O)c1c(C)nc2ccccn12)c1ccccc1O. The van der Waals surface area contributed by atoms with Crippen molar-refractivity contribution in [3.8, 4) is 5.75 Å². The molecule has 1 aromatic carbocycles. The summed E-state index contributed by atoms with van der Waals surface area (Å²) < 4.78 is 1.72. The molecule has 23 heavy (non-hydrogen) atoms. The number of phenols is 1. The lowest BCUT2D eigenvalue weighted by atomic mass is 10.1. The first-order valence-corrected chi connectivity index (χ1v) is 7.14. The van der Waals surface area contributed by atoms with Crippen molar-refractivity contribution in [3.63, 3.8) is 0 Å². The molecule has 1 amide bonds. The van der Waals surface area contributed by atoms with Crippen molar-refractivity contribution in [1.82, 2.24) is 14.8 Å². The van der Waals surface area contributed by atoms with Crippen molar-refractivity contribution in [2.75, 3.05) is 0 Å². The fourth-order valence-corrected chi connectivity index (χ4v) is 2.41. The van der Waals surface area contributed by atoms with Crippen LogP contribution in [0.15, 0.2) is 53.8 Å². The number of imidazole rings is 1. The zero-order valence-corrected chi connectivity index (χ0v) is 12.8. The summed E-state index contributed by atoms with van der Waals surface area (Å²) in [5.41, 5.74) is 5.38. The summed E-state index contributed by atoms with van der Waals surface area (Å²) in [5.74, 6) is -0.232. The molecule has 0 fully saturated rings. The van der Waals surface area contributed by atoms with Gasteiger partial charge in [0.2, 0.25) is 0 Å². The van der Waals surface area contributed by atoms with E-state index in [2.05, 4.69) is 15.5 Å². The highest BCUT2D eigenvalue weighted by molar-refractivity contribution is 6.02. The highest BCUT2D eigenvalue weighted by atomic mass is 16.3. The predicted molar refractivity (Wildman–Crippen MR) is 87.7 cm³/mol. The molecule has 0 aliphatic rings. The molecule has 0 spiro atoms. The Morgan fingerprint density at radius 2 is 1.96 bits per heavy atom. The van der Waals surface area contributed by atoms with Crippen LogP contribution in [0.1, 0.15) is 28.7 Å². The van der Waals surface area contributed by atoms with Gasteiger partial charge in [0, 0.05) is 11.8 Å². The first-order valence-electron chi connectivity index (χ1n) is 7.14. The van der Waals surface area contributed by atoms with Gasteiger partial charge in [-0.2, -0.15) is 5.10 Å². The number of nitrogens with zero attached hydrogens (tertiary/aromatic N) is 3. The molecule has 6 nitrogen and oxygen atoms in total. The molecule has 2 N–H and O–H groups in total. The van der Waals surface area contributed by atoms with Gasteiger partial charge in [0.15, 0.2) is 0 Å². The van der Waals surface area contributed by atoms with Crippen LogP contribution in [0.5, 0.6) is 5.75 Å². The number of carbonyl (C=O) groups excluding carboxylic acids is 1. The number of hydrazone groups is 1. The smallest absolute Gasteiger partial charge is 0.290 e. The summed E-state index contributed by atoms with van der Waals surface area (Å²) in [7, 11) is 0. The van der Waals surface area contributed by atoms with Crippen LogP contribution in [0.25, 0.3) is 5.65 Å². The van der Waals surface area contributed by atoms with E-state index in [1.54, 1.807) is 48.7 Å². The molecule has 2 aromatic heterocycles. The van der Waals surface area contributed by atoms with E-state index >= 15 is 0 Å². The Balaban J connectivity index is 1.88. The third kappa shape index (κ3) is 2.78. The van der Waals surface area contributed by atoms with Crippen LogP contribution in [-0.2, 0) is 0 Å². The average molecular weight is 308 g/mol. The first-order chi connectivity index (χ1) is 11.1. The highest BCUT2D eigenvalue weighted by Crippen LogP contribution is 2.16. The minimum absolute atomic E-state index is 0.119. The third-order valence-corrected chi connectivity index (χ3v) is 3.54. The molecular weight excluding hydrogens is 292 g/mol. The van der Waals surface area contributed by atoms with Gasteiger partial charge < -0.3 is 5.11 Å². The summed E-state index contributed by atoms with van der Waals surface area (Å²) >= 11 is 0. The van der Waals surface area contributed by atoms with Crippen molar-refractivity contribution in [2.24, 2.45) is 5.10 Å². The van der Waals surface area contributed by atoms with Gasteiger partial charge in [0.25, 0.3) is 5.91 Å². The van der Waals surface area contributed by atoms with Crippen molar-refractivity contribution in [3.05, 3.63) is 65.6 Å². The number of fused-ring (bicyclic) bond motifs is 1. The van der Waals surface area contributed by atoms with Crippen LogP contribution in [0.2, 0.25) is 0 Å². The lowest BCUT2D eigenvalue weighted by Crippen LogP contribution is -2.21. The Morgan fingerprint density at radius 1 is 1.22 bits per heavy atom. The second-order valence-corrected chi connectivity index (χ2v) is 5.13. The largest absolute Gasteiger partial charge is 0.507 e. The van der Waals surface area contributed by atoms with E-state index in [-0.39, 0.29) is 11.7 Å². The van der Waals surface area contributed by atoms with E-state index in [9.17, 15) is 9.90 Å². The van der Waals surface area contributed by atoms with Crippen LogP contribution >= 0.6 is 0 Å². The van der Waals surface area contributed by atoms with E-state index in [1.165, 1.54) is 0 Å². The standard InChI is InChI=1S/C17H16N4O2/c1-11(13-7-3-4-8-14(13)22)19-20-17(23)16-12(2)18-15-9-5-6-10-21(15)16/h3-10,22H,1-2H3,(H,20,23). The second kappa shape index (κ2) is 5.92. The monoisotopic (exact) mass is 308 g/mol. The molecule has 0 aliphatic carbocycles. The Bertz CT molecular complexity index is 912. The number of amides is 1. The molecule has 0 bridgehead atoms. The molecule has 0 unspecified atom stereocenters. The van der Waals surface area contributed by atoms with Gasteiger partial charge in [-0.05, 0) is 38.1 Å². The molecule has 6 heteroatoms. The molecule has 3 aromatic rings. The first kappa shape index (κ1) is 14.8. The van der Waals surface area contributed by atoms with E-state index in [0.29, 0.717) is 28.3 Å². The number of aryl methyl sites for hydroxylation is 1. The topological polar surface area (TPSA) is 79.0 Å². The van der Waals surface area contributed by atoms with E-state index < -0.39 is 0 Å². The number of aromatic hydroxyl groups is 1. The Labute approximate surface area is 133 Å². The maximum atomic E-state index is 12.4. The average Bonchev–Trinajstić information content (AvgIpc) is 2.88. The van der Waals surface area contributed by atoms with Gasteiger partial charge in [-0.3, -0.25) is 9.20 Å². The zero-order chi connectivity index (χ0) is 16.4. The number of phenolic OH excluding ortho intramolecular Hbond substituents is 1. The number of rotatable bonds is 3. The number of hydrogen-bond donors (Lipinski definition) is 2. The maximum Gasteiger partial charge on any atom is 0.290 e. The molecule has 0 saturated carbocycles. The van der Waals surface area contributed by atoms with Gasteiger partial charge in [-0.25, -0.2) is 10.4 Å². The van der Waals surface area contributed by atoms with Gasteiger partial charge in [-0.15, -0.1) is 0 Å². The fraction of sp³-hybridized carbons (Fsp3) is 0.118. The Kier molecular flexibility index (Phi) is 3.80. The van der Waals surface area contributed by atoms with Gasteiger partial charge >= 0.3 is 0 Å². The van der Waals surface area contributed by atoms with E-state index in [4.69, 9.17) is 0 Å². The van der Waals surface area contributed by atoms with Crippen molar-refractivity contribution < 1.29 is 9.90 Å². The van der Waals surface area contributed by atoms with E-state index in [1.807, 2.05) is 18.2 Å². The molecule has 2 heterocycles. The van der Waals surface area contributed by atoms with Gasteiger partial charge in [0.05, 0.1) is 11.4 Å². The number of carbonyl (C=O) groups is 1. The fourth-order valence-electron chi connectivity index (χ4n) is 2.41. The van der Waals surface area contributed by atoms with Crippen molar-refractivity contribution >= 4 is 17.3 Å². The van der Waals surface area contributed by atoms with Crippen molar-refractivity contribution in [1.29, 1.82) is 0 Å². The van der Waals surface area contributed by atoms with Crippen LogP contribution in [0, 0.1) is 6.92 Å². The lowest BCUT2D eigenvalue weighted by molar-refractivity contribution is 0.0948. The summed E-state index contributed by atoms with van der Waals surface area (Å²) in [4.78, 5) is 16.8. The molecule has 116 valence electrons. The number of benzene rings is 1. The zero-order valence-electron chi connectivity index (χ0n) is 12.8. The second-order valence-electron chi connectivity index (χ2n) is 5.13. The molecule has 0 aliphatic heterocycles. The minimum atomic E-state index is -0.351. The molecule has 0 atom stereocenters.